The third-order valence-corrected chi connectivity index (χ3v) is 3.40. The molecule has 4 N–H and O–H groups in total. The van der Waals surface area contributed by atoms with Crippen molar-refractivity contribution < 1.29 is 33.3 Å². The first kappa shape index (κ1) is 15.6. The van der Waals surface area contributed by atoms with Crippen LogP contribution in [0, 0.1) is 0 Å². The van der Waals surface area contributed by atoms with Crippen LogP contribution in [-0.4, -0.2) is 39.5 Å². The Morgan fingerprint density at radius 2 is 1.76 bits per heavy atom. The van der Waals surface area contributed by atoms with Crippen LogP contribution >= 0.6 is 0 Å². The molecule has 116 valence electrons. The fourth-order valence-corrected chi connectivity index (χ4v) is 2.27. The molecule has 8 heteroatoms. The molecule has 2 rings (SSSR count). The minimum Gasteiger partial charge on any atom is -0.507 e. The number of carbonyl (C=O) groups is 1. The van der Waals surface area contributed by atoms with Gasteiger partial charge in [-0.3, -0.25) is 4.79 Å². The number of benzene rings is 1. The number of aliphatic hydroxyl groups excluding tert-OH is 2. The van der Waals surface area contributed by atoms with Crippen molar-refractivity contribution in [3.8, 4) is 5.75 Å². The number of aromatic hydroxyl groups is 1. The minimum atomic E-state index is -4.61. The van der Waals surface area contributed by atoms with E-state index < -0.39 is 41.6 Å². The second-order valence-corrected chi connectivity index (χ2v) is 5.01. The van der Waals surface area contributed by atoms with Gasteiger partial charge >= 0.3 is 6.18 Å². The molecule has 1 amide bonds. The van der Waals surface area contributed by atoms with Crippen LogP contribution in [-0.2, 0) is 6.18 Å². The van der Waals surface area contributed by atoms with Gasteiger partial charge in [0.1, 0.15) is 5.75 Å². The second kappa shape index (κ2) is 5.53. The van der Waals surface area contributed by atoms with E-state index in [1.807, 2.05) is 0 Å². The first-order chi connectivity index (χ1) is 9.68. The average molecular weight is 305 g/mol. The lowest BCUT2D eigenvalue weighted by molar-refractivity contribution is -0.137. The molecule has 0 spiro atoms. The third kappa shape index (κ3) is 3.45. The Balaban J connectivity index is 2.10. The highest BCUT2D eigenvalue weighted by Gasteiger charge is 2.34. The SMILES string of the molecule is O=C(NC1C[C@@H](O)[C@@H](O)C1)c1ccc(C(F)(F)F)cc1O. The fraction of sp³-hybridized carbons (Fsp3) is 0.462. The molecule has 0 aromatic heterocycles. The van der Waals surface area contributed by atoms with Gasteiger partial charge in [-0.1, -0.05) is 0 Å². The molecule has 1 aromatic rings. The minimum absolute atomic E-state index is 0.147. The number of amides is 1. The molecular weight excluding hydrogens is 291 g/mol. The smallest absolute Gasteiger partial charge is 0.416 e. The van der Waals surface area contributed by atoms with Gasteiger partial charge in [0.25, 0.3) is 5.91 Å². The van der Waals surface area contributed by atoms with E-state index in [9.17, 15) is 33.3 Å². The number of phenols is 1. The van der Waals surface area contributed by atoms with Crippen LogP contribution in [0.4, 0.5) is 13.2 Å². The zero-order valence-corrected chi connectivity index (χ0v) is 10.8. The van der Waals surface area contributed by atoms with Gasteiger partial charge in [-0.15, -0.1) is 0 Å². The van der Waals surface area contributed by atoms with Gasteiger partial charge in [-0.05, 0) is 31.0 Å². The Morgan fingerprint density at radius 3 is 2.24 bits per heavy atom. The number of hydrogen-bond donors (Lipinski definition) is 4. The summed E-state index contributed by atoms with van der Waals surface area (Å²) in [6.07, 6.45) is -6.21. The van der Waals surface area contributed by atoms with Crippen LogP contribution in [0.25, 0.3) is 0 Å². The Kier molecular flexibility index (Phi) is 4.11. The molecule has 5 nitrogen and oxygen atoms in total. The van der Waals surface area contributed by atoms with E-state index in [1.54, 1.807) is 0 Å². The zero-order chi connectivity index (χ0) is 15.8. The summed E-state index contributed by atoms with van der Waals surface area (Å²) in [6, 6.07) is 1.57. The molecule has 1 fully saturated rings. The van der Waals surface area contributed by atoms with Gasteiger partial charge < -0.3 is 20.6 Å². The molecule has 0 heterocycles. The maximum absolute atomic E-state index is 12.4. The lowest BCUT2D eigenvalue weighted by atomic mass is 10.1. The van der Waals surface area contributed by atoms with E-state index >= 15 is 0 Å². The van der Waals surface area contributed by atoms with E-state index in [2.05, 4.69) is 5.32 Å². The van der Waals surface area contributed by atoms with Gasteiger partial charge in [-0.25, -0.2) is 0 Å². The van der Waals surface area contributed by atoms with Gasteiger partial charge in [-0.2, -0.15) is 13.2 Å². The summed E-state index contributed by atoms with van der Waals surface area (Å²) in [5.41, 5.74) is -1.35. The maximum Gasteiger partial charge on any atom is 0.416 e. The summed E-state index contributed by atoms with van der Waals surface area (Å²) in [4.78, 5) is 11.9. The second-order valence-electron chi connectivity index (χ2n) is 5.01. The predicted octanol–water partition coefficient (Wildman–Crippen LogP) is 1.02. The molecule has 1 unspecified atom stereocenters. The normalized spacial score (nSPS) is 25.9. The van der Waals surface area contributed by atoms with E-state index in [1.165, 1.54) is 0 Å². The topological polar surface area (TPSA) is 89.8 Å². The van der Waals surface area contributed by atoms with Crippen LogP contribution in [0.5, 0.6) is 5.75 Å². The number of alkyl halides is 3. The molecule has 0 radical (unpaired) electrons. The van der Waals surface area contributed by atoms with E-state index in [4.69, 9.17) is 0 Å². The molecule has 1 aromatic carbocycles. The maximum atomic E-state index is 12.4. The number of rotatable bonds is 2. The van der Waals surface area contributed by atoms with Crippen molar-refractivity contribution in [2.45, 2.75) is 37.3 Å². The van der Waals surface area contributed by atoms with Crippen molar-refractivity contribution in [3.63, 3.8) is 0 Å². The highest BCUT2D eigenvalue weighted by Crippen LogP contribution is 2.32. The summed E-state index contributed by atoms with van der Waals surface area (Å²) in [7, 11) is 0. The first-order valence-electron chi connectivity index (χ1n) is 6.25. The summed E-state index contributed by atoms with van der Waals surface area (Å²) in [5.74, 6) is -1.53. The van der Waals surface area contributed by atoms with Crippen molar-refractivity contribution >= 4 is 5.91 Å². The Labute approximate surface area is 118 Å². The number of hydrogen-bond acceptors (Lipinski definition) is 4. The van der Waals surface area contributed by atoms with E-state index in [0.29, 0.717) is 12.1 Å². The zero-order valence-electron chi connectivity index (χ0n) is 10.8. The van der Waals surface area contributed by atoms with E-state index in [0.717, 1.165) is 6.07 Å². The van der Waals surface area contributed by atoms with Crippen LogP contribution in [0.3, 0.4) is 0 Å². The summed E-state index contributed by atoms with van der Waals surface area (Å²) >= 11 is 0. The van der Waals surface area contributed by atoms with E-state index in [-0.39, 0.29) is 18.4 Å². The lowest BCUT2D eigenvalue weighted by Crippen LogP contribution is -2.33. The van der Waals surface area contributed by atoms with Crippen LogP contribution in [0.15, 0.2) is 18.2 Å². The van der Waals surface area contributed by atoms with Crippen molar-refractivity contribution in [1.82, 2.24) is 5.32 Å². The molecule has 3 atom stereocenters. The Bertz CT molecular complexity index is 537. The largest absolute Gasteiger partial charge is 0.507 e. The molecule has 1 aliphatic carbocycles. The highest BCUT2D eigenvalue weighted by atomic mass is 19.4. The molecule has 0 saturated heterocycles. The lowest BCUT2D eigenvalue weighted by Gasteiger charge is -2.14. The van der Waals surface area contributed by atoms with Crippen molar-refractivity contribution in [1.29, 1.82) is 0 Å². The number of aliphatic hydroxyl groups is 2. The van der Waals surface area contributed by atoms with Crippen molar-refractivity contribution in [3.05, 3.63) is 29.3 Å². The van der Waals surface area contributed by atoms with Crippen LogP contribution in [0.2, 0.25) is 0 Å². The summed E-state index contributed by atoms with van der Waals surface area (Å²) in [6.45, 7) is 0. The number of phenolic OH excluding ortho intramolecular Hbond substituents is 1. The Hall–Kier alpha value is -1.80. The van der Waals surface area contributed by atoms with Gasteiger partial charge in [0, 0.05) is 6.04 Å². The molecule has 1 saturated carbocycles. The van der Waals surface area contributed by atoms with Gasteiger partial charge in [0.2, 0.25) is 0 Å². The fourth-order valence-electron chi connectivity index (χ4n) is 2.27. The van der Waals surface area contributed by atoms with Gasteiger partial charge in [0.15, 0.2) is 0 Å². The Morgan fingerprint density at radius 1 is 1.19 bits per heavy atom. The predicted molar refractivity (Wildman–Crippen MR) is 65.6 cm³/mol. The standard InChI is InChI=1S/C13H14F3NO4/c14-13(15,16)6-1-2-8(9(18)3-6)12(21)17-7-4-10(19)11(20)5-7/h1-3,7,10-11,18-20H,4-5H2,(H,17,21)/t7?,10-,11+. The van der Waals surface area contributed by atoms with Crippen molar-refractivity contribution in [2.75, 3.05) is 0 Å². The van der Waals surface area contributed by atoms with Crippen LogP contribution in [0.1, 0.15) is 28.8 Å². The van der Waals surface area contributed by atoms with Gasteiger partial charge in [0.05, 0.1) is 23.3 Å². The summed E-state index contributed by atoms with van der Waals surface area (Å²) < 4.78 is 37.3. The highest BCUT2D eigenvalue weighted by molar-refractivity contribution is 5.97. The third-order valence-electron chi connectivity index (χ3n) is 3.40. The molecule has 1 aliphatic rings. The number of halogens is 3. The molecular formula is C13H14F3NO4. The van der Waals surface area contributed by atoms with Crippen LogP contribution < -0.4 is 5.32 Å². The number of carbonyl (C=O) groups excluding carboxylic acids is 1. The monoisotopic (exact) mass is 305 g/mol. The molecule has 0 aliphatic heterocycles. The summed E-state index contributed by atoms with van der Waals surface area (Å²) in [5, 5.41) is 30.7. The van der Waals surface area contributed by atoms with Crippen molar-refractivity contribution in [2.24, 2.45) is 0 Å². The molecule has 21 heavy (non-hydrogen) atoms. The molecule has 0 bridgehead atoms. The quantitative estimate of drug-likeness (QED) is 0.657. The average Bonchev–Trinajstić information content (AvgIpc) is 2.66. The number of nitrogens with one attached hydrogen (secondary N) is 1. The first-order valence-corrected chi connectivity index (χ1v) is 6.25.